The third-order valence-electron chi connectivity index (χ3n) is 6.34. The summed E-state index contributed by atoms with van der Waals surface area (Å²) in [5, 5.41) is 9.96. The van der Waals surface area contributed by atoms with Crippen molar-refractivity contribution in [3.05, 3.63) is 78.5 Å². The van der Waals surface area contributed by atoms with E-state index in [9.17, 15) is 14.7 Å². The van der Waals surface area contributed by atoms with E-state index >= 15 is 0 Å². The van der Waals surface area contributed by atoms with Crippen LogP contribution in [-0.4, -0.2) is 42.6 Å². The lowest BCUT2D eigenvalue weighted by Gasteiger charge is -2.26. The van der Waals surface area contributed by atoms with Gasteiger partial charge in [-0.2, -0.15) is 0 Å². The number of aromatic nitrogens is 1. The lowest BCUT2D eigenvalue weighted by molar-refractivity contribution is -0.143. The maximum absolute atomic E-state index is 13.9. The van der Waals surface area contributed by atoms with Gasteiger partial charge >= 0.3 is 5.97 Å². The van der Waals surface area contributed by atoms with Gasteiger partial charge in [0.2, 0.25) is 0 Å². The van der Waals surface area contributed by atoms with Crippen molar-refractivity contribution in [3.63, 3.8) is 0 Å². The van der Waals surface area contributed by atoms with Gasteiger partial charge in [-0.3, -0.25) is 9.36 Å². The summed E-state index contributed by atoms with van der Waals surface area (Å²) >= 11 is 1.21. The third kappa shape index (κ3) is 5.91. The predicted molar refractivity (Wildman–Crippen MR) is 153 cm³/mol. The van der Waals surface area contributed by atoms with Crippen molar-refractivity contribution >= 4 is 23.4 Å². The quantitative estimate of drug-likeness (QED) is 0.291. The summed E-state index contributed by atoms with van der Waals surface area (Å²) in [4.78, 5) is 32.3. The Morgan fingerprint density at radius 3 is 2.55 bits per heavy atom. The number of phenolic OH excluding ortho intramolecular Hbond substituents is 1. The number of unbranched alkanes of at least 4 members (excludes halogenated alkanes) is 1. The summed E-state index contributed by atoms with van der Waals surface area (Å²) in [5.74, 6) is 0.836. The fourth-order valence-electron chi connectivity index (χ4n) is 4.41. The van der Waals surface area contributed by atoms with Crippen LogP contribution in [0.4, 0.5) is 0 Å². The van der Waals surface area contributed by atoms with Gasteiger partial charge in [0.25, 0.3) is 5.56 Å². The Balaban J connectivity index is 1.90. The van der Waals surface area contributed by atoms with E-state index in [0.717, 1.165) is 12.8 Å². The van der Waals surface area contributed by atoms with Gasteiger partial charge in [-0.25, -0.2) is 9.79 Å². The molecule has 2 aromatic carbocycles. The van der Waals surface area contributed by atoms with Crippen LogP contribution in [0.1, 0.15) is 57.7 Å². The number of allylic oxidation sites excluding steroid dienone is 1. The first-order chi connectivity index (χ1) is 19.2. The second kappa shape index (κ2) is 12.4. The molecule has 1 N–H and O–H groups in total. The summed E-state index contributed by atoms with van der Waals surface area (Å²) in [6, 6.07) is 9.45. The Labute approximate surface area is 236 Å². The second-order valence-electron chi connectivity index (χ2n) is 9.58. The van der Waals surface area contributed by atoms with Crippen molar-refractivity contribution in [3.8, 4) is 23.0 Å². The highest BCUT2D eigenvalue weighted by atomic mass is 32.1. The number of carbonyl (C=O) groups excluding carboxylic acids is 1. The molecule has 0 saturated heterocycles. The summed E-state index contributed by atoms with van der Waals surface area (Å²) in [6.07, 6.45) is 3.25. The van der Waals surface area contributed by atoms with Crippen LogP contribution < -0.4 is 29.1 Å². The zero-order valence-electron chi connectivity index (χ0n) is 23.5. The lowest BCUT2D eigenvalue weighted by atomic mass is 9.95. The Hall–Kier alpha value is -4.05. The van der Waals surface area contributed by atoms with Gasteiger partial charge in [-0.15, -0.1) is 0 Å². The van der Waals surface area contributed by atoms with E-state index in [4.69, 9.17) is 18.9 Å². The highest BCUT2D eigenvalue weighted by Gasteiger charge is 2.34. The molecule has 40 heavy (non-hydrogen) atoms. The summed E-state index contributed by atoms with van der Waals surface area (Å²) in [6.45, 7) is 7.93. The van der Waals surface area contributed by atoms with Crippen LogP contribution in [0.3, 0.4) is 0 Å². The summed E-state index contributed by atoms with van der Waals surface area (Å²) < 4.78 is 24.2. The normalized spacial score (nSPS) is 15.1. The maximum Gasteiger partial charge on any atom is 0.338 e. The molecular formula is C30H34N2O7S. The van der Waals surface area contributed by atoms with Crippen LogP contribution in [0, 0.1) is 0 Å². The standard InChI is InChI=1S/C30H34N2O7S/c1-7-8-13-38-22-12-10-20(16-24(22)37-6)27-26(29(35)39-17(2)3)18(4)31-30-32(27)28(34)25(40-30)15-19-9-11-21(33)23(14-19)36-5/h9-12,14-17,27,33H,7-8,13H2,1-6H3/b25-15-. The minimum atomic E-state index is -0.794. The Kier molecular flexibility index (Phi) is 8.99. The molecule has 0 amide bonds. The number of carbonyl (C=O) groups is 1. The minimum absolute atomic E-state index is 0.00103. The van der Waals surface area contributed by atoms with E-state index in [1.165, 1.54) is 29.1 Å². The zero-order valence-corrected chi connectivity index (χ0v) is 24.3. The second-order valence-corrected chi connectivity index (χ2v) is 10.6. The molecule has 4 rings (SSSR count). The molecule has 3 aromatic rings. The number of nitrogens with zero attached hydrogens (tertiary/aromatic N) is 2. The van der Waals surface area contributed by atoms with Crippen molar-refractivity contribution in [2.24, 2.45) is 4.99 Å². The van der Waals surface area contributed by atoms with Crippen molar-refractivity contribution in [1.82, 2.24) is 4.57 Å². The molecule has 0 radical (unpaired) electrons. The maximum atomic E-state index is 13.9. The molecule has 1 aliphatic rings. The van der Waals surface area contributed by atoms with E-state index < -0.39 is 12.0 Å². The van der Waals surface area contributed by atoms with Crippen molar-refractivity contribution in [2.45, 2.75) is 52.7 Å². The highest BCUT2D eigenvalue weighted by molar-refractivity contribution is 7.07. The Morgan fingerprint density at radius 1 is 1.12 bits per heavy atom. The molecule has 0 saturated carbocycles. The first-order valence-electron chi connectivity index (χ1n) is 13.1. The van der Waals surface area contributed by atoms with Crippen molar-refractivity contribution < 1.29 is 28.8 Å². The number of hydrogen-bond acceptors (Lipinski definition) is 9. The number of fused-ring (bicyclic) bond motifs is 1. The molecule has 1 atom stereocenters. The molecule has 0 bridgehead atoms. The number of phenols is 1. The first kappa shape index (κ1) is 28.9. The van der Waals surface area contributed by atoms with Gasteiger partial charge in [0, 0.05) is 0 Å². The van der Waals surface area contributed by atoms with Crippen molar-refractivity contribution in [1.29, 1.82) is 0 Å². The van der Waals surface area contributed by atoms with Gasteiger partial charge in [0.15, 0.2) is 27.8 Å². The molecule has 0 fully saturated rings. The molecule has 212 valence electrons. The van der Waals surface area contributed by atoms with Crippen LogP contribution in [0.25, 0.3) is 6.08 Å². The number of rotatable bonds is 10. The molecule has 1 aromatic heterocycles. The first-order valence-corrected chi connectivity index (χ1v) is 13.9. The van der Waals surface area contributed by atoms with Crippen LogP contribution in [0.5, 0.6) is 23.0 Å². The van der Waals surface area contributed by atoms with Gasteiger partial charge in [-0.1, -0.05) is 36.8 Å². The number of hydrogen-bond donors (Lipinski definition) is 1. The smallest absolute Gasteiger partial charge is 0.338 e. The zero-order chi connectivity index (χ0) is 29.0. The van der Waals surface area contributed by atoms with E-state index in [1.807, 2.05) is 6.07 Å². The van der Waals surface area contributed by atoms with Crippen LogP contribution in [-0.2, 0) is 9.53 Å². The Bertz CT molecular complexity index is 1620. The number of aromatic hydroxyl groups is 1. The highest BCUT2D eigenvalue weighted by Crippen LogP contribution is 2.36. The van der Waals surface area contributed by atoms with Crippen LogP contribution >= 0.6 is 11.3 Å². The number of methoxy groups -OCH3 is 2. The minimum Gasteiger partial charge on any atom is -0.504 e. The average Bonchev–Trinajstić information content (AvgIpc) is 3.22. The van der Waals surface area contributed by atoms with E-state index in [0.29, 0.717) is 50.0 Å². The van der Waals surface area contributed by atoms with Gasteiger partial charge in [-0.05, 0) is 68.7 Å². The van der Waals surface area contributed by atoms with E-state index in [2.05, 4.69) is 11.9 Å². The number of ether oxygens (including phenoxy) is 4. The fraction of sp³-hybridized carbons (Fsp3) is 0.367. The van der Waals surface area contributed by atoms with Crippen molar-refractivity contribution in [2.75, 3.05) is 20.8 Å². The molecule has 0 aliphatic carbocycles. The van der Waals surface area contributed by atoms with Crippen LogP contribution in [0.15, 0.2) is 57.5 Å². The largest absolute Gasteiger partial charge is 0.504 e. The summed E-state index contributed by atoms with van der Waals surface area (Å²) in [5.41, 5.74) is 1.76. The molecule has 1 aliphatic heterocycles. The third-order valence-corrected chi connectivity index (χ3v) is 7.33. The van der Waals surface area contributed by atoms with Gasteiger partial charge in [0.05, 0.1) is 48.8 Å². The topological polar surface area (TPSA) is 109 Å². The van der Waals surface area contributed by atoms with E-state index in [1.54, 1.807) is 58.2 Å². The van der Waals surface area contributed by atoms with Gasteiger partial charge in [0.1, 0.15) is 0 Å². The average molecular weight is 567 g/mol. The number of benzene rings is 2. The molecule has 1 unspecified atom stereocenters. The molecule has 10 heteroatoms. The van der Waals surface area contributed by atoms with Crippen LogP contribution in [0.2, 0.25) is 0 Å². The van der Waals surface area contributed by atoms with Gasteiger partial charge < -0.3 is 24.1 Å². The SMILES string of the molecule is CCCCOc1ccc(C2C(C(=O)OC(C)C)=C(C)N=c3s/c(=C\c4ccc(O)c(OC)c4)c(=O)n32)cc1OC. The molecule has 9 nitrogen and oxygen atoms in total. The predicted octanol–water partition coefficient (Wildman–Crippen LogP) is 4.09. The molecule has 2 heterocycles. The molecule has 0 spiro atoms. The monoisotopic (exact) mass is 566 g/mol. The Morgan fingerprint density at radius 2 is 1.88 bits per heavy atom. The fourth-order valence-corrected chi connectivity index (χ4v) is 5.46. The molecular weight excluding hydrogens is 532 g/mol. The number of esters is 1. The lowest BCUT2D eigenvalue weighted by Crippen LogP contribution is -2.40. The van der Waals surface area contributed by atoms with E-state index in [-0.39, 0.29) is 23.0 Å². The summed E-state index contributed by atoms with van der Waals surface area (Å²) in [7, 11) is 3.01. The number of thiazole rings is 1.